The molecule has 184 valence electrons. The van der Waals surface area contributed by atoms with Crippen LogP contribution < -0.4 is 0 Å². The quantitative estimate of drug-likeness (QED) is 0.436. The molecule has 3 saturated carbocycles. The van der Waals surface area contributed by atoms with E-state index in [0.29, 0.717) is 16.7 Å². The molecule has 0 aromatic heterocycles. The molecule has 1 heterocycles. The highest BCUT2D eigenvalue weighted by Crippen LogP contribution is 2.75. The summed E-state index contributed by atoms with van der Waals surface area (Å²) in [5.74, 6) is 2.90. The highest BCUT2D eigenvalue weighted by Gasteiger charge is 2.71. The SMILES string of the molecule is CC(C)=CCCC(C)C1CCC2(C)C3CCC4(C(C)(C)O)OCCCC4C3(C)CCC12C. The third-order valence-corrected chi connectivity index (χ3v) is 11.9. The second-order valence-electron chi connectivity index (χ2n) is 13.9. The van der Waals surface area contributed by atoms with Gasteiger partial charge in [0.2, 0.25) is 0 Å². The summed E-state index contributed by atoms with van der Waals surface area (Å²) < 4.78 is 6.59. The Morgan fingerprint density at radius 1 is 1.00 bits per heavy atom. The molecule has 8 unspecified atom stereocenters. The van der Waals surface area contributed by atoms with E-state index in [4.69, 9.17) is 4.74 Å². The average molecular weight is 445 g/mol. The molecule has 1 aliphatic heterocycles. The lowest BCUT2D eigenvalue weighted by Gasteiger charge is -2.69. The largest absolute Gasteiger partial charge is 0.387 e. The minimum absolute atomic E-state index is 0.285. The van der Waals surface area contributed by atoms with Gasteiger partial charge < -0.3 is 9.84 Å². The van der Waals surface area contributed by atoms with Crippen molar-refractivity contribution >= 4 is 0 Å². The minimum Gasteiger partial charge on any atom is -0.387 e. The van der Waals surface area contributed by atoms with Gasteiger partial charge in [-0.2, -0.15) is 0 Å². The van der Waals surface area contributed by atoms with Crippen molar-refractivity contribution in [1.82, 2.24) is 0 Å². The molecule has 0 aromatic rings. The van der Waals surface area contributed by atoms with Gasteiger partial charge in [0.05, 0.1) is 11.2 Å². The molecular formula is C30H52O2. The van der Waals surface area contributed by atoms with Gasteiger partial charge in [0.1, 0.15) is 0 Å². The van der Waals surface area contributed by atoms with Gasteiger partial charge in [0, 0.05) is 6.61 Å². The van der Waals surface area contributed by atoms with Gasteiger partial charge in [-0.05, 0) is 132 Å². The fraction of sp³-hybridized carbons (Fsp3) is 0.933. The normalized spacial score (nSPS) is 47.2. The van der Waals surface area contributed by atoms with Crippen molar-refractivity contribution in [2.75, 3.05) is 6.61 Å². The van der Waals surface area contributed by atoms with Crippen LogP contribution in [-0.4, -0.2) is 22.9 Å². The number of fused-ring (bicyclic) bond motifs is 5. The number of allylic oxidation sites excluding steroid dienone is 2. The summed E-state index contributed by atoms with van der Waals surface area (Å²) in [6.45, 7) is 19.8. The molecule has 0 radical (unpaired) electrons. The Kier molecular flexibility index (Phi) is 6.28. The van der Waals surface area contributed by atoms with Crippen LogP contribution in [0.15, 0.2) is 11.6 Å². The molecule has 0 aromatic carbocycles. The number of hydrogen-bond donors (Lipinski definition) is 1. The van der Waals surface area contributed by atoms with Gasteiger partial charge in [-0.25, -0.2) is 0 Å². The summed E-state index contributed by atoms with van der Waals surface area (Å²) in [4.78, 5) is 0. The first kappa shape index (κ1) is 24.8. The predicted molar refractivity (Wildman–Crippen MR) is 135 cm³/mol. The summed E-state index contributed by atoms with van der Waals surface area (Å²) in [5.41, 5.74) is 1.49. The van der Waals surface area contributed by atoms with Gasteiger partial charge in [0.25, 0.3) is 0 Å². The van der Waals surface area contributed by atoms with Crippen molar-refractivity contribution in [1.29, 1.82) is 0 Å². The number of aliphatic hydroxyl groups is 1. The summed E-state index contributed by atoms with van der Waals surface area (Å²) in [7, 11) is 0. The molecule has 0 spiro atoms. The lowest BCUT2D eigenvalue weighted by Crippen LogP contribution is -2.69. The highest BCUT2D eigenvalue weighted by atomic mass is 16.5. The number of hydrogen-bond acceptors (Lipinski definition) is 2. The van der Waals surface area contributed by atoms with Crippen molar-refractivity contribution in [2.45, 2.75) is 131 Å². The van der Waals surface area contributed by atoms with Crippen molar-refractivity contribution in [3.8, 4) is 0 Å². The fourth-order valence-corrected chi connectivity index (χ4v) is 10.0. The first-order chi connectivity index (χ1) is 14.8. The van der Waals surface area contributed by atoms with E-state index in [1.165, 1.54) is 56.9 Å². The molecule has 2 nitrogen and oxygen atoms in total. The molecule has 0 amide bonds. The van der Waals surface area contributed by atoms with Crippen LogP contribution in [0.4, 0.5) is 0 Å². The topological polar surface area (TPSA) is 29.5 Å². The van der Waals surface area contributed by atoms with E-state index in [9.17, 15) is 5.11 Å². The fourth-order valence-electron chi connectivity index (χ4n) is 10.0. The first-order valence-corrected chi connectivity index (χ1v) is 13.8. The van der Waals surface area contributed by atoms with Crippen LogP contribution in [0.3, 0.4) is 0 Å². The van der Waals surface area contributed by atoms with Gasteiger partial charge in [-0.1, -0.05) is 39.3 Å². The van der Waals surface area contributed by atoms with E-state index < -0.39 is 5.60 Å². The van der Waals surface area contributed by atoms with E-state index in [1.54, 1.807) is 0 Å². The van der Waals surface area contributed by atoms with E-state index in [-0.39, 0.29) is 11.0 Å². The van der Waals surface area contributed by atoms with E-state index >= 15 is 0 Å². The summed E-state index contributed by atoms with van der Waals surface area (Å²) in [5, 5.41) is 11.3. The third-order valence-electron chi connectivity index (χ3n) is 11.9. The van der Waals surface area contributed by atoms with Crippen LogP contribution in [-0.2, 0) is 4.74 Å². The number of ether oxygens (including phenoxy) is 1. The zero-order chi connectivity index (χ0) is 23.6. The van der Waals surface area contributed by atoms with Gasteiger partial charge in [-0.3, -0.25) is 0 Å². The molecule has 8 atom stereocenters. The Balaban J connectivity index is 1.63. The lowest BCUT2D eigenvalue weighted by molar-refractivity contribution is -0.291. The molecule has 4 rings (SSSR count). The molecule has 0 bridgehead atoms. The molecule has 32 heavy (non-hydrogen) atoms. The lowest BCUT2D eigenvalue weighted by atomic mass is 9.37. The van der Waals surface area contributed by atoms with E-state index in [2.05, 4.69) is 47.6 Å². The first-order valence-electron chi connectivity index (χ1n) is 13.8. The van der Waals surface area contributed by atoms with Crippen molar-refractivity contribution in [3.63, 3.8) is 0 Å². The second kappa shape index (κ2) is 8.11. The van der Waals surface area contributed by atoms with Gasteiger partial charge in [-0.15, -0.1) is 0 Å². The monoisotopic (exact) mass is 444 g/mol. The van der Waals surface area contributed by atoms with Crippen LogP contribution in [0, 0.1) is 39.9 Å². The summed E-state index contributed by atoms with van der Waals surface area (Å²) in [6.07, 6.45) is 15.1. The zero-order valence-corrected chi connectivity index (χ0v) is 22.5. The summed E-state index contributed by atoms with van der Waals surface area (Å²) >= 11 is 0. The Labute approximate surface area is 199 Å². The smallest absolute Gasteiger partial charge is 0.0995 e. The van der Waals surface area contributed by atoms with Crippen LogP contribution >= 0.6 is 0 Å². The van der Waals surface area contributed by atoms with Crippen LogP contribution in [0.1, 0.15) is 120 Å². The van der Waals surface area contributed by atoms with Crippen molar-refractivity contribution in [2.24, 2.45) is 39.9 Å². The molecule has 1 saturated heterocycles. The second-order valence-corrected chi connectivity index (χ2v) is 13.9. The Morgan fingerprint density at radius 2 is 1.72 bits per heavy atom. The maximum atomic E-state index is 11.3. The van der Waals surface area contributed by atoms with E-state index in [1.807, 2.05) is 13.8 Å². The minimum atomic E-state index is -0.772. The molecule has 4 fully saturated rings. The number of rotatable bonds is 5. The maximum Gasteiger partial charge on any atom is 0.0995 e. The zero-order valence-electron chi connectivity index (χ0n) is 22.5. The predicted octanol–water partition coefficient (Wildman–Crippen LogP) is 7.94. The molecule has 4 aliphatic rings. The van der Waals surface area contributed by atoms with Crippen LogP contribution in [0.5, 0.6) is 0 Å². The average Bonchev–Trinajstić information content (AvgIpc) is 2.98. The van der Waals surface area contributed by atoms with Gasteiger partial charge in [0.15, 0.2) is 0 Å². The van der Waals surface area contributed by atoms with Crippen molar-refractivity contribution < 1.29 is 9.84 Å². The summed E-state index contributed by atoms with van der Waals surface area (Å²) in [6, 6.07) is 0. The van der Waals surface area contributed by atoms with Crippen LogP contribution in [0.25, 0.3) is 0 Å². The maximum absolute atomic E-state index is 11.3. The Morgan fingerprint density at radius 3 is 2.38 bits per heavy atom. The standard InChI is InChI=1S/C30H52O2/c1-21(2)11-9-12-22(3)23-14-16-29(8)24-15-17-30(26(4,5)31)25(13-10-20-32-30)27(24,6)18-19-28(23,29)7/h11,22-25,31H,9-10,12-20H2,1-8H3. The Hall–Kier alpha value is -0.340. The highest BCUT2D eigenvalue weighted by molar-refractivity contribution is 5.20. The molecule has 3 aliphatic carbocycles. The van der Waals surface area contributed by atoms with Crippen LogP contribution in [0.2, 0.25) is 0 Å². The molecule has 1 N–H and O–H groups in total. The molecule has 2 heteroatoms. The van der Waals surface area contributed by atoms with E-state index in [0.717, 1.165) is 37.2 Å². The third kappa shape index (κ3) is 3.40. The van der Waals surface area contributed by atoms with Gasteiger partial charge >= 0.3 is 0 Å². The van der Waals surface area contributed by atoms with Crippen molar-refractivity contribution in [3.05, 3.63) is 11.6 Å². The molecular weight excluding hydrogens is 392 g/mol. The Bertz CT molecular complexity index is 730.